The van der Waals surface area contributed by atoms with Gasteiger partial charge in [0.15, 0.2) is 0 Å². The van der Waals surface area contributed by atoms with Gasteiger partial charge in [-0.2, -0.15) is 4.31 Å². The first kappa shape index (κ1) is 20.8. The van der Waals surface area contributed by atoms with Crippen LogP contribution < -0.4 is 4.90 Å². The Bertz CT molecular complexity index is 1010. The first-order valence-electron chi connectivity index (χ1n) is 10.4. The molecular formula is C22H26FN3O3S. The number of amides is 1. The maximum Gasteiger partial charge on any atom is 0.254 e. The molecule has 2 aliphatic heterocycles. The molecule has 0 saturated carbocycles. The molecule has 2 aliphatic rings. The zero-order valence-electron chi connectivity index (χ0n) is 16.8. The second kappa shape index (κ2) is 8.73. The predicted molar refractivity (Wildman–Crippen MR) is 114 cm³/mol. The molecule has 0 N–H and O–H groups in total. The fraction of sp³-hybridized carbons (Fsp3) is 0.409. The summed E-state index contributed by atoms with van der Waals surface area (Å²) < 4.78 is 41.4. The van der Waals surface area contributed by atoms with E-state index >= 15 is 0 Å². The normalized spacial score (nSPS) is 18.4. The van der Waals surface area contributed by atoms with Crippen molar-refractivity contribution in [3.8, 4) is 0 Å². The van der Waals surface area contributed by atoms with E-state index < -0.39 is 10.0 Å². The van der Waals surface area contributed by atoms with Crippen LogP contribution in [0.1, 0.15) is 29.6 Å². The van der Waals surface area contributed by atoms with Gasteiger partial charge < -0.3 is 9.80 Å². The SMILES string of the molecule is O=C(c1cccc(S(=O)(=O)N2CCCCC2)c1)N1CCN(c2ccccc2F)CC1. The van der Waals surface area contributed by atoms with E-state index in [1.165, 1.54) is 16.4 Å². The van der Waals surface area contributed by atoms with Crippen molar-refractivity contribution in [1.82, 2.24) is 9.21 Å². The Labute approximate surface area is 176 Å². The lowest BCUT2D eigenvalue weighted by Crippen LogP contribution is -2.49. The number of nitrogens with zero attached hydrogens (tertiary/aromatic N) is 3. The van der Waals surface area contributed by atoms with Gasteiger partial charge in [-0.25, -0.2) is 12.8 Å². The van der Waals surface area contributed by atoms with Gasteiger partial charge in [-0.1, -0.05) is 24.6 Å². The maximum absolute atomic E-state index is 14.0. The Kier molecular flexibility index (Phi) is 6.06. The van der Waals surface area contributed by atoms with Crippen LogP contribution in [0.2, 0.25) is 0 Å². The smallest absolute Gasteiger partial charge is 0.254 e. The van der Waals surface area contributed by atoms with E-state index in [0.717, 1.165) is 19.3 Å². The summed E-state index contributed by atoms with van der Waals surface area (Å²) in [5, 5.41) is 0. The van der Waals surface area contributed by atoms with Gasteiger partial charge in [0.2, 0.25) is 10.0 Å². The van der Waals surface area contributed by atoms with E-state index in [2.05, 4.69) is 0 Å². The lowest BCUT2D eigenvalue weighted by Gasteiger charge is -2.36. The molecule has 2 heterocycles. The average Bonchev–Trinajstić information content (AvgIpc) is 2.80. The molecule has 2 fully saturated rings. The van der Waals surface area contributed by atoms with Gasteiger partial charge in [0, 0.05) is 44.8 Å². The molecule has 0 aliphatic carbocycles. The Balaban J connectivity index is 1.46. The number of halogens is 1. The molecule has 2 saturated heterocycles. The lowest BCUT2D eigenvalue weighted by atomic mass is 10.1. The van der Waals surface area contributed by atoms with Crippen LogP contribution in [0.5, 0.6) is 0 Å². The van der Waals surface area contributed by atoms with E-state index in [4.69, 9.17) is 0 Å². The first-order valence-corrected chi connectivity index (χ1v) is 11.8. The van der Waals surface area contributed by atoms with E-state index in [0.29, 0.717) is 50.5 Å². The molecule has 8 heteroatoms. The third-order valence-corrected chi connectivity index (χ3v) is 7.69. The van der Waals surface area contributed by atoms with Crippen LogP contribution in [0.3, 0.4) is 0 Å². The van der Waals surface area contributed by atoms with Crippen molar-refractivity contribution in [1.29, 1.82) is 0 Å². The number of para-hydroxylation sites is 1. The van der Waals surface area contributed by atoms with Crippen molar-refractivity contribution in [3.63, 3.8) is 0 Å². The van der Waals surface area contributed by atoms with Gasteiger partial charge in [-0.05, 0) is 43.2 Å². The topological polar surface area (TPSA) is 60.9 Å². The molecule has 160 valence electrons. The van der Waals surface area contributed by atoms with Gasteiger partial charge in [0.05, 0.1) is 10.6 Å². The number of anilines is 1. The van der Waals surface area contributed by atoms with Crippen molar-refractivity contribution in [2.45, 2.75) is 24.2 Å². The second-order valence-corrected chi connectivity index (χ2v) is 9.66. The summed E-state index contributed by atoms with van der Waals surface area (Å²) in [5.74, 6) is -0.466. The number of piperazine rings is 1. The van der Waals surface area contributed by atoms with Crippen LogP contribution in [0.15, 0.2) is 53.4 Å². The largest absolute Gasteiger partial charge is 0.366 e. The highest BCUT2D eigenvalue weighted by atomic mass is 32.2. The van der Waals surface area contributed by atoms with E-state index in [-0.39, 0.29) is 16.6 Å². The number of benzene rings is 2. The fourth-order valence-electron chi connectivity index (χ4n) is 4.09. The van der Waals surface area contributed by atoms with Crippen molar-refractivity contribution in [3.05, 3.63) is 59.9 Å². The summed E-state index contributed by atoms with van der Waals surface area (Å²) in [6.07, 6.45) is 2.78. The number of sulfonamides is 1. The number of hydrogen-bond acceptors (Lipinski definition) is 4. The van der Waals surface area contributed by atoms with Gasteiger partial charge in [-0.15, -0.1) is 0 Å². The number of carbonyl (C=O) groups is 1. The molecule has 0 spiro atoms. The molecule has 2 aromatic carbocycles. The molecule has 0 bridgehead atoms. The number of hydrogen-bond donors (Lipinski definition) is 0. The van der Waals surface area contributed by atoms with Crippen molar-refractivity contribution in [2.24, 2.45) is 0 Å². The molecule has 0 radical (unpaired) electrons. The molecule has 2 aromatic rings. The predicted octanol–water partition coefficient (Wildman–Crippen LogP) is 2.96. The number of piperidine rings is 1. The highest BCUT2D eigenvalue weighted by Gasteiger charge is 2.28. The Morgan fingerprint density at radius 2 is 1.53 bits per heavy atom. The Morgan fingerprint density at radius 3 is 2.23 bits per heavy atom. The van der Waals surface area contributed by atoms with Crippen LogP contribution in [-0.4, -0.2) is 62.8 Å². The van der Waals surface area contributed by atoms with Gasteiger partial charge in [0.25, 0.3) is 5.91 Å². The molecule has 0 atom stereocenters. The maximum atomic E-state index is 14.0. The second-order valence-electron chi connectivity index (χ2n) is 7.72. The van der Waals surface area contributed by atoms with Crippen LogP contribution in [0, 0.1) is 5.82 Å². The van der Waals surface area contributed by atoms with Crippen molar-refractivity contribution < 1.29 is 17.6 Å². The van der Waals surface area contributed by atoms with Crippen molar-refractivity contribution >= 4 is 21.6 Å². The quantitative estimate of drug-likeness (QED) is 0.747. The van der Waals surface area contributed by atoms with Crippen LogP contribution in [0.25, 0.3) is 0 Å². The molecule has 4 rings (SSSR count). The number of carbonyl (C=O) groups excluding carboxylic acids is 1. The molecule has 0 unspecified atom stereocenters. The molecule has 6 nitrogen and oxygen atoms in total. The van der Waals surface area contributed by atoms with Crippen LogP contribution >= 0.6 is 0 Å². The monoisotopic (exact) mass is 431 g/mol. The van der Waals surface area contributed by atoms with Gasteiger partial charge in [0.1, 0.15) is 5.82 Å². The first-order chi connectivity index (χ1) is 14.5. The molecular weight excluding hydrogens is 405 g/mol. The molecule has 1 amide bonds. The standard InChI is InChI=1S/C22H26FN3O3S/c23-20-9-2-3-10-21(20)24-13-15-25(16-14-24)22(27)18-7-6-8-19(17-18)30(28,29)26-11-4-1-5-12-26/h2-3,6-10,17H,1,4-5,11-16H2. The van der Waals surface area contributed by atoms with Gasteiger partial charge >= 0.3 is 0 Å². The van der Waals surface area contributed by atoms with Crippen molar-refractivity contribution in [2.75, 3.05) is 44.2 Å². The summed E-state index contributed by atoms with van der Waals surface area (Å²) in [5.41, 5.74) is 0.909. The van der Waals surface area contributed by atoms with E-state index in [9.17, 15) is 17.6 Å². The third-order valence-electron chi connectivity index (χ3n) is 5.79. The zero-order chi connectivity index (χ0) is 21.1. The minimum Gasteiger partial charge on any atom is -0.366 e. The summed E-state index contributed by atoms with van der Waals surface area (Å²) >= 11 is 0. The van der Waals surface area contributed by atoms with E-state index in [1.54, 1.807) is 41.3 Å². The Morgan fingerprint density at radius 1 is 0.833 bits per heavy atom. The highest BCUT2D eigenvalue weighted by molar-refractivity contribution is 7.89. The zero-order valence-corrected chi connectivity index (χ0v) is 17.7. The average molecular weight is 432 g/mol. The summed E-state index contributed by atoms with van der Waals surface area (Å²) in [6, 6.07) is 12.9. The molecule has 30 heavy (non-hydrogen) atoms. The third kappa shape index (κ3) is 4.20. The van der Waals surface area contributed by atoms with Gasteiger partial charge in [-0.3, -0.25) is 4.79 Å². The lowest BCUT2D eigenvalue weighted by molar-refractivity contribution is 0.0746. The van der Waals surface area contributed by atoms with E-state index in [1.807, 2.05) is 4.90 Å². The molecule has 0 aromatic heterocycles. The number of rotatable bonds is 4. The summed E-state index contributed by atoms with van der Waals surface area (Å²) in [7, 11) is -3.59. The summed E-state index contributed by atoms with van der Waals surface area (Å²) in [6.45, 7) is 3.01. The fourth-order valence-corrected chi connectivity index (χ4v) is 5.65. The summed E-state index contributed by atoms with van der Waals surface area (Å²) in [4.78, 5) is 16.8. The van der Waals surface area contributed by atoms with Crippen LogP contribution in [0.4, 0.5) is 10.1 Å². The highest BCUT2D eigenvalue weighted by Crippen LogP contribution is 2.23. The Hall–Kier alpha value is -2.45. The minimum absolute atomic E-state index is 0.167. The minimum atomic E-state index is -3.59. The van der Waals surface area contributed by atoms with Crippen LogP contribution in [-0.2, 0) is 10.0 Å².